The van der Waals surface area contributed by atoms with Crippen LogP contribution < -0.4 is 14.8 Å². The van der Waals surface area contributed by atoms with Crippen molar-refractivity contribution in [3.05, 3.63) is 84.7 Å². The van der Waals surface area contributed by atoms with Crippen LogP contribution in [0.2, 0.25) is 0 Å². The highest BCUT2D eigenvalue weighted by atomic mass is 79.9. The van der Waals surface area contributed by atoms with Crippen molar-refractivity contribution in [3.63, 3.8) is 0 Å². The third kappa shape index (κ3) is 4.92. The van der Waals surface area contributed by atoms with Crippen LogP contribution in [0.5, 0.6) is 11.5 Å². The summed E-state index contributed by atoms with van der Waals surface area (Å²) in [6.07, 6.45) is 4.10. The summed E-state index contributed by atoms with van der Waals surface area (Å²) in [4.78, 5) is 37.0. The minimum atomic E-state index is -0.451. The molecule has 37 heavy (non-hydrogen) atoms. The molecule has 5 rings (SSSR count). The van der Waals surface area contributed by atoms with Gasteiger partial charge in [-0.15, -0.1) is 0 Å². The van der Waals surface area contributed by atoms with E-state index in [2.05, 4.69) is 21.2 Å². The fourth-order valence-corrected chi connectivity index (χ4v) is 5.96. The monoisotopic (exact) mass is 566 g/mol. The van der Waals surface area contributed by atoms with Gasteiger partial charge in [0.1, 0.15) is 6.61 Å². The SMILES string of the molecule is CCOc1cc(C2C3=C(CCCC3=O)NC3=C2C(=O)CCC3)cc(Br)c1OCc1cccc([N+](=O)[O-])c1. The Morgan fingerprint density at radius 2 is 1.68 bits per heavy atom. The molecule has 2 aliphatic carbocycles. The molecule has 1 N–H and O–H groups in total. The molecule has 0 atom stereocenters. The minimum absolute atomic E-state index is 0.00564. The molecular weight excluding hydrogens is 540 g/mol. The lowest BCUT2D eigenvalue weighted by molar-refractivity contribution is -0.384. The zero-order valence-corrected chi connectivity index (χ0v) is 22.1. The maximum absolute atomic E-state index is 13.1. The molecule has 0 radical (unpaired) electrons. The summed E-state index contributed by atoms with van der Waals surface area (Å²) in [5, 5.41) is 14.6. The van der Waals surface area contributed by atoms with Crippen LogP contribution in [0.1, 0.15) is 62.5 Å². The molecule has 0 aromatic heterocycles. The molecule has 0 amide bonds. The van der Waals surface area contributed by atoms with E-state index in [-0.39, 0.29) is 23.9 Å². The van der Waals surface area contributed by atoms with Gasteiger partial charge in [0.05, 0.1) is 16.0 Å². The van der Waals surface area contributed by atoms with Crippen molar-refractivity contribution in [2.24, 2.45) is 0 Å². The molecule has 8 nitrogen and oxygen atoms in total. The van der Waals surface area contributed by atoms with Crippen molar-refractivity contribution in [2.75, 3.05) is 6.61 Å². The highest BCUT2D eigenvalue weighted by Crippen LogP contribution is 2.48. The van der Waals surface area contributed by atoms with Crippen LogP contribution >= 0.6 is 15.9 Å². The highest BCUT2D eigenvalue weighted by molar-refractivity contribution is 9.10. The van der Waals surface area contributed by atoms with Crippen molar-refractivity contribution >= 4 is 33.2 Å². The number of hydrogen-bond donors (Lipinski definition) is 1. The Balaban J connectivity index is 1.55. The van der Waals surface area contributed by atoms with Crippen molar-refractivity contribution in [2.45, 2.75) is 58.0 Å². The van der Waals surface area contributed by atoms with Crippen molar-refractivity contribution in [1.29, 1.82) is 0 Å². The average Bonchev–Trinajstić information content (AvgIpc) is 2.87. The van der Waals surface area contributed by atoms with E-state index < -0.39 is 10.8 Å². The third-order valence-electron chi connectivity index (χ3n) is 6.96. The summed E-state index contributed by atoms with van der Waals surface area (Å²) in [6, 6.07) is 10.0. The molecular formula is C28H27BrN2O6. The Bertz CT molecular complexity index is 1320. The number of benzene rings is 2. The molecule has 0 bridgehead atoms. The lowest BCUT2D eigenvalue weighted by Gasteiger charge is -2.37. The van der Waals surface area contributed by atoms with E-state index in [0.29, 0.717) is 52.1 Å². The van der Waals surface area contributed by atoms with E-state index >= 15 is 0 Å². The first kappa shape index (κ1) is 25.2. The van der Waals surface area contributed by atoms with Gasteiger partial charge in [0.25, 0.3) is 5.69 Å². The normalized spacial score (nSPS) is 17.8. The third-order valence-corrected chi connectivity index (χ3v) is 7.55. The molecule has 0 spiro atoms. The van der Waals surface area contributed by atoms with Crippen LogP contribution in [0.15, 0.2) is 63.4 Å². The van der Waals surface area contributed by atoms with E-state index in [4.69, 9.17) is 9.47 Å². The number of dihydropyridines is 1. The number of carbonyl (C=O) groups excluding carboxylic acids is 2. The van der Waals surface area contributed by atoms with Gasteiger partial charge < -0.3 is 14.8 Å². The molecule has 9 heteroatoms. The molecule has 2 aromatic rings. The molecule has 192 valence electrons. The summed E-state index contributed by atoms with van der Waals surface area (Å²) in [5.74, 6) is 0.631. The smallest absolute Gasteiger partial charge is 0.269 e. The average molecular weight is 567 g/mol. The van der Waals surface area contributed by atoms with Gasteiger partial charge in [-0.1, -0.05) is 12.1 Å². The van der Waals surface area contributed by atoms with Gasteiger partial charge in [-0.25, -0.2) is 0 Å². The van der Waals surface area contributed by atoms with Crippen molar-refractivity contribution < 1.29 is 24.0 Å². The molecule has 0 saturated carbocycles. The maximum Gasteiger partial charge on any atom is 0.269 e. The number of carbonyl (C=O) groups is 2. The molecule has 0 unspecified atom stereocenters. The summed E-state index contributed by atoms with van der Waals surface area (Å²) in [6.45, 7) is 2.36. The first-order valence-electron chi connectivity index (χ1n) is 12.5. The zero-order chi connectivity index (χ0) is 26.1. The van der Waals surface area contributed by atoms with Gasteiger partial charge in [-0.2, -0.15) is 0 Å². The second kappa shape index (κ2) is 10.5. The maximum atomic E-state index is 13.1. The number of nitrogens with one attached hydrogen (secondary N) is 1. The fraction of sp³-hybridized carbons (Fsp3) is 0.357. The van der Waals surface area contributed by atoms with Gasteiger partial charge >= 0.3 is 0 Å². The van der Waals surface area contributed by atoms with Gasteiger partial charge in [0.15, 0.2) is 23.1 Å². The number of ketones is 2. The second-order valence-corrected chi connectivity index (χ2v) is 10.2. The zero-order valence-electron chi connectivity index (χ0n) is 20.5. The predicted octanol–water partition coefficient (Wildman–Crippen LogP) is 6.04. The first-order valence-corrected chi connectivity index (χ1v) is 13.3. The Morgan fingerprint density at radius 3 is 2.30 bits per heavy atom. The van der Waals surface area contributed by atoms with Crippen LogP contribution in [0, 0.1) is 10.1 Å². The number of Topliss-reactive ketones (excluding diaryl/α,β-unsaturated/α-hetero) is 2. The summed E-state index contributed by atoms with van der Waals surface area (Å²) in [5.41, 5.74) is 4.65. The van der Waals surface area contributed by atoms with Crippen molar-refractivity contribution in [1.82, 2.24) is 5.32 Å². The minimum Gasteiger partial charge on any atom is -0.490 e. The van der Waals surface area contributed by atoms with E-state index in [1.54, 1.807) is 12.1 Å². The van der Waals surface area contributed by atoms with E-state index in [1.807, 2.05) is 19.1 Å². The lowest BCUT2D eigenvalue weighted by Crippen LogP contribution is -2.36. The molecule has 0 saturated heterocycles. The van der Waals surface area contributed by atoms with Crippen LogP contribution in [-0.2, 0) is 16.2 Å². The molecule has 1 aliphatic heterocycles. The van der Waals surface area contributed by atoms with Crippen LogP contribution in [0.25, 0.3) is 0 Å². The molecule has 2 aromatic carbocycles. The number of ether oxygens (including phenoxy) is 2. The summed E-state index contributed by atoms with van der Waals surface area (Å²) in [7, 11) is 0. The second-order valence-electron chi connectivity index (χ2n) is 9.37. The van der Waals surface area contributed by atoms with Gasteiger partial charge in [-0.3, -0.25) is 19.7 Å². The number of nitrogens with zero attached hydrogens (tertiary/aromatic N) is 1. The number of non-ortho nitro benzene ring substituents is 1. The lowest BCUT2D eigenvalue weighted by atomic mass is 9.71. The van der Waals surface area contributed by atoms with E-state index in [1.165, 1.54) is 12.1 Å². The number of nitro benzene ring substituents is 1. The number of allylic oxidation sites excluding steroid dienone is 4. The Morgan fingerprint density at radius 1 is 1.00 bits per heavy atom. The van der Waals surface area contributed by atoms with Gasteiger partial charge in [-0.05, 0) is 71.8 Å². The topological polar surface area (TPSA) is 108 Å². The van der Waals surface area contributed by atoms with Crippen molar-refractivity contribution in [3.8, 4) is 11.5 Å². The van der Waals surface area contributed by atoms with Crippen LogP contribution in [0.3, 0.4) is 0 Å². The molecule has 3 aliphatic rings. The first-order chi connectivity index (χ1) is 17.9. The predicted molar refractivity (Wildman–Crippen MR) is 140 cm³/mol. The summed E-state index contributed by atoms with van der Waals surface area (Å²) < 4.78 is 12.6. The number of hydrogen-bond acceptors (Lipinski definition) is 7. The standard InChI is InChI=1S/C28H27BrN2O6/c1-2-36-24-14-17(13-19(29)28(24)37-15-16-6-3-7-18(12-16)31(34)35)25-26-20(8-4-10-22(26)32)30-21-9-5-11-23(33)27(21)25/h3,6-7,12-14,25,30H,2,4-5,8-11,15H2,1H3. The van der Waals surface area contributed by atoms with E-state index in [9.17, 15) is 19.7 Å². The highest BCUT2D eigenvalue weighted by Gasteiger charge is 2.40. The van der Waals surface area contributed by atoms with E-state index in [0.717, 1.165) is 42.6 Å². The Labute approximate surface area is 223 Å². The Hall–Kier alpha value is -3.46. The van der Waals surface area contributed by atoms with Crippen LogP contribution in [-0.4, -0.2) is 23.1 Å². The molecule has 1 heterocycles. The van der Waals surface area contributed by atoms with Crippen LogP contribution in [0.4, 0.5) is 5.69 Å². The number of halogens is 1. The summed E-state index contributed by atoms with van der Waals surface area (Å²) >= 11 is 3.62. The largest absolute Gasteiger partial charge is 0.490 e. The fourth-order valence-electron chi connectivity index (χ4n) is 5.39. The van der Waals surface area contributed by atoms with Gasteiger partial charge in [0.2, 0.25) is 0 Å². The Kier molecular flexibility index (Phi) is 7.15. The molecule has 0 fully saturated rings. The number of rotatable bonds is 7. The number of nitro groups is 1. The van der Waals surface area contributed by atoms with Gasteiger partial charge in [0, 0.05) is 53.4 Å². The quantitative estimate of drug-likeness (QED) is 0.321.